The normalized spacial score (nSPS) is 21.5. The van der Waals surface area contributed by atoms with Crippen LogP contribution in [0.1, 0.15) is 46.9 Å². The van der Waals surface area contributed by atoms with Gasteiger partial charge in [-0.2, -0.15) is 0 Å². The summed E-state index contributed by atoms with van der Waals surface area (Å²) in [7, 11) is 0. The van der Waals surface area contributed by atoms with Crippen LogP contribution < -0.4 is 0 Å². The monoisotopic (exact) mass is 333 g/mol. The molecule has 2 heterocycles. The van der Waals surface area contributed by atoms with E-state index in [1.54, 1.807) is 12.1 Å². The van der Waals surface area contributed by atoms with Crippen LogP contribution >= 0.6 is 0 Å². The van der Waals surface area contributed by atoms with E-state index in [1.165, 1.54) is 19.1 Å². The third-order valence-corrected chi connectivity index (χ3v) is 4.08. The molecule has 1 aromatic carbocycles. The minimum atomic E-state index is -0.903. The van der Waals surface area contributed by atoms with Gasteiger partial charge in [-0.05, 0) is 38.3 Å². The number of carbonyl (C=O) groups is 3. The fourth-order valence-corrected chi connectivity index (χ4v) is 2.67. The Morgan fingerprint density at radius 1 is 1.25 bits per heavy atom. The molecule has 2 amide bonds. The molecular formula is C17H19NO6. The molecule has 0 aromatic heterocycles. The van der Waals surface area contributed by atoms with Crippen LogP contribution in [0.25, 0.3) is 0 Å². The van der Waals surface area contributed by atoms with Crippen molar-refractivity contribution < 1.29 is 28.7 Å². The van der Waals surface area contributed by atoms with Crippen molar-refractivity contribution in [3.63, 3.8) is 0 Å². The van der Waals surface area contributed by atoms with Crippen LogP contribution in [-0.4, -0.2) is 48.3 Å². The summed E-state index contributed by atoms with van der Waals surface area (Å²) in [6.45, 7) is 2.49. The standard InChI is InChI=1S/C17H19NO6/c1-11(23-10-12-6-4-5-9-22-12)17(21)24-18-15(19)13-7-2-3-8-14(13)16(18)20/h2-3,7-8,11-12H,4-6,9-10H2,1H3. The Bertz CT molecular complexity index is 617. The zero-order chi connectivity index (χ0) is 17.1. The summed E-state index contributed by atoms with van der Waals surface area (Å²) in [4.78, 5) is 41.3. The van der Waals surface area contributed by atoms with Crippen LogP contribution in [0.4, 0.5) is 0 Å². The second-order valence-electron chi connectivity index (χ2n) is 5.82. The van der Waals surface area contributed by atoms with E-state index in [0.29, 0.717) is 11.7 Å². The molecule has 0 spiro atoms. The van der Waals surface area contributed by atoms with Gasteiger partial charge in [0.1, 0.15) is 0 Å². The van der Waals surface area contributed by atoms with Crippen LogP contribution in [0.15, 0.2) is 24.3 Å². The quantitative estimate of drug-likeness (QED) is 0.763. The van der Waals surface area contributed by atoms with Gasteiger partial charge in [0.05, 0.1) is 23.8 Å². The highest BCUT2D eigenvalue weighted by atomic mass is 16.7. The molecule has 2 atom stereocenters. The van der Waals surface area contributed by atoms with Crippen molar-refractivity contribution >= 4 is 17.8 Å². The summed E-state index contributed by atoms with van der Waals surface area (Å²) >= 11 is 0. The minimum Gasteiger partial charge on any atom is -0.376 e. The number of carbonyl (C=O) groups excluding carboxylic acids is 3. The summed E-state index contributed by atoms with van der Waals surface area (Å²) in [5.41, 5.74) is 0.443. The second-order valence-corrected chi connectivity index (χ2v) is 5.82. The molecule has 0 radical (unpaired) electrons. The minimum absolute atomic E-state index is 0.0340. The first-order valence-corrected chi connectivity index (χ1v) is 8.00. The summed E-state index contributed by atoms with van der Waals surface area (Å²) in [6, 6.07) is 6.32. The molecule has 0 bridgehead atoms. The van der Waals surface area contributed by atoms with Gasteiger partial charge >= 0.3 is 5.97 Å². The Balaban J connectivity index is 1.55. The number of nitrogens with zero attached hydrogens (tertiary/aromatic N) is 1. The molecule has 2 aliphatic heterocycles. The van der Waals surface area contributed by atoms with Crippen molar-refractivity contribution in [2.45, 2.75) is 38.4 Å². The van der Waals surface area contributed by atoms with Crippen molar-refractivity contribution in [1.82, 2.24) is 5.06 Å². The predicted octanol–water partition coefficient (Wildman–Crippen LogP) is 1.71. The van der Waals surface area contributed by atoms with E-state index in [-0.39, 0.29) is 23.8 Å². The molecule has 7 nitrogen and oxygen atoms in total. The number of fused-ring (bicyclic) bond motifs is 1. The zero-order valence-corrected chi connectivity index (χ0v) is 13.4. The van der Waals surface area contributed by atoms with Crippen LogP contribution in [-0.2, 0) is 19.1 Å². The fraction of sp³-hybridized carbons (Fsp3) is 0.471. The van der Waals surface area contributed by atoms with Crippen LogP contribution in [0.5, 0.6) is 0 Å². The molecule has 0 aliphatic carbocycles. The lowest BCUT2D eigenvalue weighted by atomic mass is 10.1. The van der Waals surface area contributed by atoms with Gasteiger partial charge in [0.15, 0.2) is 6.10 Å². The van der Waals surface area contributed by atoms with Gasteiger partial charge < -0.3 is 14.3 Å². The van der Waals surface area contributed by atoms with Crippen molar-refractivity contribution in [1.29, 1.82) is 0 Å². The summed E-state index contributed by atoms with van der Waals surface area (Å²) in [5, 5.41) is 0.490. The topological polar surface area (TPSA) is 82.1 Å². The molecule has 1 saturated heterocycles. The van der Waals surface area contributed by atoms with Gasteiger partial charge in [-0.3, -0.25) is 9.59 Å². The summed E-state index contributed by atoms with van der Waals surface area (Å²) in [6.07, 6.45) is 2.06. The van der Waals surface area contributed by atoms with E-state index in [1.807, 2.05) is 0 Å². The summed E-state index contributed by atoms with van der Waals surface area (Å²) in [5.74, 6) is -2.08. The highest BCUT2D eigenvalue weighted by molar-refractivity contribution is 6.20. The van der Waals surface area contributed by atoms with E-state index >= 15 is 0 Å². The molecule has 7 heteroatoms. The number of rotatable bonds is 5. The predicted molar refractivity (Wildman–Crippen MR) is 82.0 cm³/mol. The number of amides is 2. The molecule has 1 fully saturated rings. The van der Waals surface area contributed by atoms with Crippen molar-refractivity contribution in [2.24, 2.45) is 0 Å². The molecule has 24 heavy (non-hydrogen) atoms. The Morgan fingerprint density at radius 2 is 1.92 bits per heavy atom. The van der Waals surface area contributed by atoms with E-state index in [0.717, 1.165) is 19.3 Å². The molecule has 2 aliphatic rings. The third kappa shape index (κ3) is 3.32. The SMILES string of the molecule is CC(OCC1CCCCO1)C(=O)ON1C(=O)c2ccccc2C1=O. The van der Waals surface area contributed by atoms with E-state index in [4.69, 9.17) is 14.3 Å². The summed E-state index contributed by atoms with van der Waals surface area (Å²) < 4.78 is 11.0. The molecular weight excluding hydrogens is 314 g/mol. The third-order valence-electron chi connectivity index (χ3n) is 4.08. The first-order chi connectivity index (χ1) is 11.6. The highest BCUT2D eigenvalue weighted by Gasteiger charge is 2.39. The Kier molecular flexibility index (Phi) is 4.92. The second kappa shape index (κ2) is 7.11. The van der Waals surface area contributed by atoms with Crippen LogP contribution in [0, 0.1) is 0 Å². The Hall–Kier alpha value is -2.25. The van der Waals surface area contributed by atoms with Gasteiger partial charge in [0, 0.05) is 6.61 Å². The van der Waals surface area contributed by atoms with Crippen LogP contribution in [0.2, 0.25) is 0 Å². The number of ether oxygens (including phenoxy) is 2. The molecule has 128 valence electrons. The van der Waals surface area contributed by atoms with Gasteiger partial charge in [0.25, 0.3) is 11.8 Å². The molecule has 0 saturated carbocycles. The first-order valence-electron chi connectivity index (χ1n) is 8.00. The van der Waals surface area contributed by atoms with E-state index in [2.05, 4.69) is 0 Å². The average Bonchev–Trinajstić information content (AvgIpc) is 2.86. The van der Waals surface area contributed by atoms with Gasteiger partial charge in [-0.1, -0.05) is 17.2 Å². The lowest BCUT2D eigenvalue weighted by Gasteiger charge is -2.24. The molecule has 3 rings (SSSR count). The number of benzene rings is 1. The molecule has 1 aromatic rings. The van der Waals surface area contributed by atoms with Crippen molar-refractivity contribution in [3.05, 3.63) is 35.4 Å². The zero-order valence-electron chi connectivity index (χ0n) is 13.4. The van der Waals surface area contributed by atoms with Gasteiger partial charge in [0.2, 0.25) is 0 Å². The Morgan fingerprint density at radius 3 is 2.50 bits per heavy atom. The van der Waals surface area contributed by atoms with Crippen LogP contribution in [0.3, 0.4) is 0 Å². The highest BCUT2D eigenvalue weighted by Crippen LogP contribution is 2.23. The largest absolute Gasteiger partial charge is 0.376 e. The maximum Gasteiger partial charge on any atom is 0.361 e. The first kappa shape index (κ1) is 16.6. The van der Waals surface area contributed by atoms with E-state index in [9.17, 15) is 14.4 Å². The maximum atomic E-state index is 12.1. The lowest BCUT2D eigenvalue weighted by Crippen LogP contribution is -2.38. The number of imide groups is 1. The maximum absolute atomic E-state index is 12.1. The van der Waals surface area contributed by atoms with Crippen molar-refractivity contribution in [3.8, 4) is 0 Å². The average molecular weight is 333 g/mol. The molecule has 0 N–H and O–H groups in total. The Labute approximate surface area is 139 Å². The fourth-order valence-electron chi connectivity index (χ4n) is 2.67. The van der Waals surface area contributed by atoms with Gasteiger partial charge in [-0.15, -0.1) is 0 Å². The van der Waals surface area contributed by atoms with E-state index < -0.39 is 23.9 Å². The number of hydrogen-bond acceptors (Lipinski definition) is 6. The molecule has 2 unspecified atom stereocenters. The number of hydroxylamine groups is 2. The van der Waals surface area contributed by atoms with Crippen molar-refractivity contribution in [2.75, 3.05) is 13.2 Å². The number of hydrogen-bond donors (Lipinski definition) is 0. The lowest BCUT2D eigenvalue weighted by molar-refractivity contribution is -0.183. The van der Waals surface area contributed by atoms with Gasteiger partial charge in [-0.25, -0.2) is 4.79 Å². The smallest absolute Gasteiger partial charge is 0.361 e.